The Morgan fingerprint density at radius 2 is 1.62 bits per heavy atom. The summed E-state index contributed by atoms with van der Waals surface area (Å²) in [5.41, 5.74) is 0.830. The summed E-state index contributed by atoms with van der Waals surface area (Å²) >= 11 is 3.58. The standard InChI is InChI=1S/C22H31BrN2O4/c1-12-10-13(23)11-14-16-15(25(17(12)14)19(28)29)8-9-24(18(26)27)22(16,20(2,3)4)21(5,6)7/h10-11,15-16H,8-9H2,1-7H3,(H,26,27)(H,28,29)/t15-,16+/m0/s1. The van der Waals surface area contributed by atoms with Gasteiger partial charge in [0.1, 0.15) is 0 Å². The number of likely N-dealkylation sites (tertiary alicyclic amines) is 1. The van der Waals surface area contributed by atoms with Gasteiger partial charge in [0.25, 0.3) is 0 Å². The summed E-state index contributed by atoms with van der Waals surface area (Å²) in [6.45, 7) is 14.7. The molecule has 0 saturated carbocycles. The molecule has 2 aliphatic rings. The lowest BCUT2D eigenvalue weighted by Gasteiger charge is -2.65. The monoisotopic (exact) mass is 466 g/mol. The van der Waals surface area contributed by atoms with Crippen molar-refractivity contribution < 1.29 is 19.8 Å². The maximum Gasteiger partial charge on any atom is 0.412 e. The number of fused-ring (bicyclic) bond motifs is 3. The van der Waals surface area contributed by atoms with Crippen LogP contribution in [-0.4, -0.2) is 45.4 Å². The largest absolute Gasteiger partial charge is 0.465 e. The van der Waals surface area contributed by atoms with Crippen LogP contribution in [0.2, 0.25) is 0 Å². The molecule has 2 heterocycles. The van der Waals surface area contributed by atoms with Gasteiger partial charge in [0, 0.05) is 16.9 Å². The van der Waals surface area contributed by atoms with Crippen molar-refractivity contribution in [3.8, 4) is 0 Å². The number of halogens is 1. The van der Waals surface area contributed by atoms with E-state index in [0.717, 1.165) is 15.6 Å². The van der Waals surface area contributed by atoms with E-state index in [2.05, 4.69) is 57.5 Å². The van der Waals surface area contributed by atoms with Crippen molar-refractivity contribution >= 4 is 33.8 Å². The van der Waals surface area contributed by atoms with E-state index in [1.165, 1.54) is 4.90 Å². The zero-order valence-corrected chi connectivity index (χ0v) is 19.8. The number of hydrogen-bond donors (Lipinski definition) is 2. The van der Waals surface area contributed by atoms with E-state index < -0.39 is 28.6 Å². The molecule has 0 bridgehead atoms. The number of aryl methyl sites for hydroxylation is 1. The molecule has 0 aromatic heterocycles. The molecule has 2 aliphatic heterocycles. The Labute approximate surface area is 181 Å². The van der Waals surface area contributed by atoms with Gasteiger partial charge in [-0.05, 0) is 47.4 Å². The molecular weight excluding hydrogens is 436 g/mol. The topological polar surface area (TPSA) is 81.1 Å². The molecule has 6 nitrogen and oxygen atoms in total. The molecule has 0 aliphatic carbocycles. The normalized spacial score (nSPS) is 23.6. The Morgan fingerprint density at radius 1 is 1.07 bits per heavy atom. The van der Waals surface area contributed by atoms with Crippen molar-refractivity contribution in [3.63, 3.8) is 0 Å². The summed E-state index contributed by atoms with van der Waals surface area (Å²) in [5.74, 6) is -0.269. The van der Waals surface area contributed by atoms with Crippen LogP contribution in [0, 0.1) is 17.8 Å². The minimum Gasteiger partial charge on any atom is -0.465 e. The zero-order valence-electron chi connectivity index (χ0n) is 18.2. The first-order chi connectivity index (χ1) is 13.2. The summed E-state index contributed by atoms with van der Waals surface area (Å²) in [6, 6.07) is 3.61. The van der Waals surface area contributed by atoms with Gasteiger partial charge in [-0.25, -0.2) is 9.59 Å². The number of amides is 2. The molecule has 1 aromatic carbocycles. The number of anilines is 1. The summed E-state index contributed by atoms with van der Waals surface area (Å²) in [5, 5.41) is 20.4. The Hall–Kier alpha value is -1.76. The second-order valence-corrected chi connectivity index (χ2v) is 11.3. The summed E-state index contributed by atoms with van der Waals surface area (Å²) in [7, 11) is 0. The van der Waals surface area contributed by atoms with Gasteiger partial charge in [-0.2, -0.15) is 0 Å². The highest BCUT2D eigenvalue weighted by molar-refractivity contribution is 9.10. The lowest BCUT2D eigenvalue weighted by molar-refractivity contribution is -0.113. The molecular formula is C22H31BrN2O4. The average Bonchev–Trinajstić information content (AvgIpc) is 2.86. The van der Waals surface area contributed by atoms with Crippen molar-refractivity contribution in [1.82, 2.24) is 4.90 Å². The van der Waals surface area contributed by atoms with Gasteiger partial charge in [-0.1, -0.05) is 57.5 Å². The van der Waals surface area contributed by atoms with Crippen molar-refractivity contribution in [1.29, 1.82) is 0 Å². The summed E-state index contributed by atoms with van der Waals surface area (Å²) in [4.78, 5) is 28.0. The van der Waals surface area contributed by atoms with Crippen molar-refractivity contribution in [2.75, 3.05) is 11.4 Å². The highest BCUT2D eigenvalue weighted by Crippen LogP contribution is 2.64. The fraction of sp³-hybridized carbons (Fsp3) is 0.636. The number of carboxylic acid groups (broad SMARTS) is 2. The minimum atomic E-state index is -0.982. The maximum absolute atomic E-state index is 12.5. The molecule has 2 amide bonds. The Kier molecular flexibility index (Phi) is 5.01. The molecule has 3 rings (SSSR count). The number of hydrogen-bond acceptors (Lipinski definition) is 2. The third kappa shape index (κ3) is 2.87. The Bertz CT molecular complexity index is 855. The Morgan fingerprint density at radius 3 is 2.07 bits per heavy atom. The third-order valence-electron chi connectivity index (χ3n) is 6.84. The molecule has 160 valence electrons. The first kappa shape index (κ1) is 21.9. The van der Waals surface area contributed by atoms with Crippen LogP contribution < -0.4 is 4.90 Å². The van der Waals surface area contributed by atoms with Gasteiger partial charge in [0.05, 0.1) is 17.3 Å². The molecule has 1 aromatic rings. The SMILES string of the molecule is Cc1cc(Br)cc2c1N(C(=O)O)[C@H]1CCN(C(=O)O)C(C(C)(C)C)(C(C)(C)C)[C@H]21. The zero-order chi connectivity index (χ0) is 22.1. The minimum absolute atomic E-state index is 0.269. The van der Waals surface area contributed by atoms with Crippen molar-refractivity contribution in [2.24, 2.45) is 10.8 Å². The predicted octanol–water partition coefficient (Wildman–Crippen LogP) is 5.92. The highest BCUT2D eigenvalue weighted by Gasteiger charge is 2.67. The van der Waals surface area contributed by atoms with Gasteiger partial charge >= 0.3 is 12.2 Å². The molecule has 0 radical (unpaired) electrons. The smallest absolute Gasteiger partial charge is 0.412 e. The molecule has 0 unspecified atom stereocenters. The van der Waals surface area contributed by atoms with E-state index in [1.807, 2.05) is 19.1 Å². The lowest BCUT2D eigenvalue weighted by Crippen LogP contribution is -2.73. The molecule has 1 fully saturated rings. The van der Waals surface area contributed by atoms with Gasteiger partial charge in [-0.3, -0.25) is 4.90 Å². The highest BCUT2D eigenvalue weighted by atomic mass is 79.9. The van der Waals surface area contributed by atoms with E-state index in [4.69, 9.17) is 0 Å². The Balaban J connectivity index is 2.45. The lowest BCUT2D eigenvalue weighted by atomic mass is 9.50. The van der Waals surface area contributed by atoms with Gasteiger partial charge in [0.2, 0.25) is 0 Å². The number of piperidine rings is 1. The van der Waals surface area contributed by atoms with Crippen LogP contribution in [0.1, 0.15) is 65.0 Å². The predicted molar refractivity (Wildman–Crippen MR) is 117 cm³/mol. The van der Waals surface area contributed by atoms with E-state index >= 15 is 0 Å². The molecule has 7 heteroatoms. The van der Waals surface area contributed by atoms with E-state index in [9.17, 15) is 19.8 Å². The van der Waals surface area contributed by atoms with Gasteiger partial charge < -0.3 is 15.1 Å². The van der Waals surface area contributed by atoms with Crippen molar-refractivity contribution in [2.45, 2.75) is 72.4 Å². The fourth-order valence-electron chi connectivity index (χ4n) is 6.61. The van der Waals surface area contributed by atoms with Crippen LogP contribution in [-0.2, 0) is 0 Å². The van der Waals surface area contributed by atoms with E-state index in [-0.39, 0.29) is 12.0 Å². The van der Waals surface area contributed by atoms with Crippen LogP contribution in [0.25, 0.3) is 0 Å². The van der Waals surface area contributed by atoms with E-state index in [1.54, 1.807) is 4.90 Å². The van der Waals surface area contributed by atoms with Crippen LogP contribution >= 0.6 is 15.9 Å². The fourth-order valence-corrected chi connectivity index (χ4v) is 7.20. The van der Waals surface area contributed by atoms with Crippen LogP contribution in [0.5, 0.6) is 0 Å². The summed E-state index contributed by atoms with van der Waals surface area (Å²) in [6.07, 6.45) is -1.46. The first-order valence-corrected chi connectivity index (χ1v) is 10.8. The third-order valence-corrected chi connectivity index (χ3v) is 7.29. The number of nitrogens with zero attached hydrogens (tertiary/aromatic N) is 2. The second kappa shape index (κ2) is 6.62. The molecule has 2 N–H and O–H groups in total. The van der Waals surface area contributed by atoms with Crippen LogP contribution in [0.4, 0.5) is 15.3 Å². The molecule has 1 saturated heterocycles. The molecule has 0 spiro atoms. The van der Waals surface area contributed by atoms with E-state index in [0.29, 0.717) is 18.7 Å². The quantitative estimate of drug-likeness (QED) is 0.496. The van der Waals surface area contributed by atoms with Gasteiger partial charge in [-0.15, -0.1) is 0 Å². The van der Waals surface area contributed by atoms with Crippen LogP contribution in [0.15, 0.2) is 16.6 Å². The maximum atomic E-state index is 12.5. The number of carbonyl (C=O) groups is 2. The van der Waals surface area contributed by atoms with Crippen LogP contribution in [0.3, 0.4) is 0 Å². The second-order valence-electron chi connectivity index (χ2n) is 10.3. The molecule has 2 atom stereocenters. The summed E-state index contributed by atoms with van der Waals surface area (Å²) < 4.78 is 0.879. The average molecular weight is 467 g/mol. The van der Waals surface area contributed by atoms with Gasteiger partial charge in [0.15, 0.2) is 0 Å². The first-order valence-electron chi connectivity index (χ1n) is 9.99. The van der Waals surface area contributed by atoms with Crippen molar-refractivity contribution in [3.05, 3.63) is 27.7 Å². The number of rotatable bonds is 0. The molecule has 29 heavy (non-hydrogen) atoms. The number of benzene rings is 1.